The Bertz CT molecular complexity index is 463. The molecule has 0 aromatic carbocycles. The standard InChI is InChI=1S/C13H21FN4O2/c1-7(14)8(2)16-13(19)20-10-4-3-9(5-10)11-6-12(15)18-17-11/h6-10H,3-5H2,1-2H3,(H,16,19)(H3,15,17,18)/t7?,8?,9-,10+/m0/s1. The van der Waals surface area contributed by atoms with Crippen molar-refractivity contribution in [3.63, 3.8) is 0 Å². The minimum Gasteiger partial charge on any atom is -0.446 e. The number of ether oxygens (including phenoxy) is 1. The summed E-state index contributed by atoms with van der Waals surface area (Å²) < 4.78 is 18.3. The molecule has 1 aromatic heterocycles. The summed E-state index contributed by atoms with van der Waals surface area (Å²) in [5.74, 6) is 0.739. The molecule has 20 heavy (non-hydrogen) atoms. The Balaban J connectivity index is 1.80. The number of alkyl carbamates (subject to hydrolysis) is 1. The predicted molar refractivity (Wildman–Crippen MR) is 73.0 cm³/mol. The number of nitrogens with one attached hydrogen (secondary N) is 2. The number of hydrogen-bond acceptors (Lipinski definition) is 4. The molecule has 0 saturated heterocycles. The van der Waals surface area contributed by atoms with E-state index in [1.807, 2.05) is 0 Å². The number of nitrogens with two attached hydrogens (primary N) is 1. The summed E-state index contributed by atoms with van der Waals surface area (Å²) >= 11 is 0. The highest BCUT2D eigenvalue weighted by atomic mass is 19.1. The highest BCUT2D eigenvalue weighted by molar-refractivity contribution is 5.67. The molecule has 2 unspecified atom stereocenters. The molecule has 1 heterocycles. The molecule has 1 aliphatic rings. The average molecular weight is 284 g/mol. The van der Waals surface area contributed by atoms with Crippen LogP contribution in [0.5, 0.6) is 0 Å². The van der Waals surface area contributed by atoms with Crippen LogP contribution in [-0.4, -0.2) is 34.6 Å². The van der Waals surface area contributed by atoms with Gasteiger partial charge >= 0.3 is 6.09 Å². The fraction of sp³-hybridized carbons (Fsp3) is 0.692. The smallest absolute Gasteiger partial charge is 0.407 e. The van der Waals surface area contributed by atoms with Gasteiger partial charge in [-0.25, -0.2) is 9.18 Å². The lowest BCUT2D eigenvalue weighted by Gasteiger charge is -2.17. The predicted octanol–water partition coefficient (Wildman–Crippen LogP) is 2.10. The van der Waals surface area contributed by atoms with Crippen molar-refractivity contribution in [2.75, 3.05) is 5.73 Å². The van der Waals surface area contributed by atoms with Crippen LogP contribution in [0.3, 0.4) is 0 Å². The lowest BCUT2D eigenvalue weighted by molar-refractivity contribution is 0.0937. The molecule has 1 amide bonds. The maximum absolute atomic E-state index is 13.0. The van der Waals surface area contributed by atoms with Crippen molar-refractivity contribution in [1.29, 1.82) is 0 Å². The second-order valence-corrected chi connectivity index (χ2v) is 5.40. The van der Waals surface area contributed by atoms with Crippen LogP contribution < -0.4 is 11.1 Å². The van der Waals surface area contributed by atoms with Crippen molar-refractivity contribution < 1.29 is 13.9 Å². The molecular weight excluding hydrogens is 263 g/mol. The first-order valence-corrected chi connectivity index (χ1v) is 6.87. The third-order valence-corrected chi connectivity index (χ3v) is 3.75. The zero-order valence-corrected chi connectivity index (χ0v) is 11.7. The molecule has 6 nitrogen and oxygen atoms in total. The van der Waals surface area contributed by atoms with Crippen LogP contribution >= 0.6 is 0 Å². The molecule has 0 bridgehead atoms. The summed E-state index contributed by atoms with van der Waals surface area (Å²) in [7, 11) is 0. The Kier molecular flexibility index (Phi) is 4.46. The molecule has 0 spiro atoms. The number of amides is 1. The van der Waals surface area contributed by atoms with Crippen LogP contribution in [0.15, 0.2) is 6.07 Å². The lowest BCUT2D eigenvalue weighted by Crippen LogP contribution is -2.39. The Hall–Kier alpha value is -1.79. The molecule has 1 saturated carbocycles. The van der Waals surface area contributed by atoms with E-state index in [1.165, 1.54) is 6.92 Å². The maximum atomic E-state index is 13.0. The third kappa shape index (κ3) is 3.61. The third-order valence-electron chi connectivity index (χ3n) is 3.75. The van der Waals surface area contributed by atoms with Crippen molar-refractivity contribution >= 4 is 11.9 Å². The van der Waals surface area contributed by atoms with E-state index in [9.17, 15) is 9.18 Å². The number of rotatable bonds is 4. The topological polar surface area (TPSA) is 93.0 Å². The summed E-state index contributed by atoms with van der Waals surface area (Å²) in [4.78, 5) is 11.6. The number of carbonyl (C=O) groups is 1. The average Bonchev–Trinajstić information content (AvgIpc) is 2.97. The second kappa shape index (κ2) is 6.11. The van der Waals surface area contributed by atoms with Crippen LogP contribution in [-0.2, 0) is 4.74 Å². The normalized spacial score (nSPS) is 25.1. The van der Waals surface area contributed by atoms with E-state index in [1.54, 1.807) is 13.0 Å². The van der Waals surface area contributed by atoms with Gasteiger partial charge < -0.3 is 15.8 Å². The summed E-state index contributed by atoms with van der Waals surface area (Å²) in [6.45, 7) is 3.01. The van der Waals surface area contributed by atoms with Gasteiger partial charge in [0.2, 0.25) is 0 Å². The number of hydrogen-bond donors (Lipinski definition) is 3. The van der Waals surface area contributed by atoms with Gasteiger partial charge in [-0.2, -0.15) is 5.10 Å². The second-order valence-electron chi connectivity index (χ2n) is 5.40. The van der Waals surface area contributed by atoms with Crippen molar-refractivity contribution in [3.8, 4) is 0 Å². The van der Waals surface area contributed by atoms with Crippen LogP contribution in [0.2, 0.25) is 0 Å². The first-order valence-electron chi connectivity index (χ1n) is 6.87. The number of H-pyrrole nitrogens is 1. The number of aromatic nitrogens is 2. The Morgan fingerprint density at radius 2 is 2.35 bits per heavy atom. The molecule has 4 N–H and O–H groups in total. The number of aromatic amines is 1. The van der Waals surface area contributed by atoms with Crippen molar-refractivity contribution in [2.24, 2.45) is 0 Å². The quantitative estimate of drug-likeness (QED) is 0.789. The van der Waals surface area contributed by atoms with Gasteiger partial charge in [-0.3, -0.25) is 5.10 Å². The Morgan fingerprint density at radius 1 is 1.60 bits per heavy atom. The summed E-state index contributed by atoms with van der Waals surface area (Å²) in [6.07, 6.45) is 0.620. The fourth-order valence-corrected chi connectivity index (χ4v) is 2.38. The first-order chi connectivity index (χ1) is 9.45. The molecular formula is C13H21FN4O2. The van der Waals surface area contributed by atoms with E-state index in [-0.39, 0.29) is 12.0 Å². The van der Waals surface area contributed by atoms with E-state index in [2.05, 4.69) is 15.5 Å². The molecule has 0 aliphatic heterocycles. The van der Waals surface area contributed by atoms with Gasteiger partial charge in [0.1, 0.15) is 18.1 Å². The summed E-state index contributed by atoms with van der Waals surface area (Å²) in [5.41, 5.74) is 6.54. The van der Waals surface area contributed by atoms with Gasteiger partial charge in [-0.05, 0) is 33.1 Å². The van der Waals surface area contributed by atoms with Gasteiger partial charge in [0.25, 0.3) is 0 Å². The maximum Gasteiger partial charge on any atom is 0.407 e. The van der Waals surface area contributed by atoms with Crippen molar-refractivity contribution in [1.82, 2.24) is 15.5 Å². The zero-order valence-electron chi connectivity index (χ0n) is 11.7. The highest BCUT2D eigenvalue weighted by Crippen LogP contribution is 2.35. The van der Waals surface area contributed by atoms with Gasteiger partial charge in [0.05, 0.1) is 6.04 Å². The van der Waals surface area contributed by atoms with Crippen LogP contribution in [0.1, 0.15) is 44.7 Å². The number of carbonyl (C=O) groups excluding carboxylic acids is 1. The van der Waals surface area contributed by atoms with Gasteiger partial charge in [0.15, 0.2) is 0 Å². The van der Waals surface area contributed by atoms with E-state index in [0.717, 1.165) is 25.0 Å². The minimum atomic E-state index is -1.10. The molecule has 2 rings (SSSR count). The number of anilines is 1. The molecule has 1 aliphatic carbocycles. The molecule has 7 heteroatoms. The van der Waals surface area contributed by atoms with E-state index < -0.39 is 18.3 Å². The number of nitrogens with zero attached hydrogens (tertiary/aromatic N) is 1. The monoisotopic (exact) mass is 284 g/mol. The van der Waals surface area contributed by atoms with E-state index >= 15 is 0 Å². The molecule has 1 aromatic rings. The molecule has 4 atom stereocenters. The molecule has 112 valence electrons. The Morgan fingerprint density at radius 3 is 2.95 bits per heavy atom. The lowest BCUT2D eigenvalue weighted by atomic mass is 10.0. The largest absolute Gasteiger partial charge is 0.446 e. The van der Waals surface area contributed by atoms with Crippen molar-refractivity contribution in [2.45, 2.75) is 57.3 Å². The van der Waals surface area contributed by atoms with Gasteiger partial charge in [-0.15, -0.1) is 0 Å². The first kappa shape index (κ1) is 14.6. The Labute approximate surface area is 117 Å². The van der Waals surface area contributed by atoms with E-state index in [4.69, 9.17) is 10.5 Å². The summed E-state index contributed by atoms with van der Waals surface area (Å²) in [6, 6.07) is 1.26. The van der Waals surface area contributed by atoms with Gasteiger partial charge in [0, 0.05) is 17.7 Å². The fourth-order valence-electron chi connectivity index (χ4n) is 2.38. The molecule has 0 radical (unpaired) electrons. The number of nitrogen functional groups attached to an aromatic ring is 1. The van der Waals surface area contributed by atoms with Crippen LogP contribution in [0.4, 0.5) is 15.0 Å². The van der Waals surface area contributed by atoms with Crippen molar-refractivity contribution in [3.05, 3.63) is 11.8 Å². The van der Waals surface area contributed by atoms with E-state index in [0.29, 0.717) is 5.82 Å². The summed E-state index contributed by atoms with van der Waals surface area (Å²) in [5, 5.41) is 9.27. The van der Waals surface area contributed by atoms with Crippen LogP contribution in [0, 0.1) is 0 Å². The molecule has 1 fully saturated rings. The number of halogens is 1. The SMILES string of the molecule is CC(F)C(C)NC(=O)O[C@@H]1CC[C@H](c2cc(N)n[nH]2)C1. The zero-order chi connectivity index (χ0) is 14.7. The minimum absolute atomic E-state index is 0.147. The van der Waals surface area contributed by atoms with Gasteiger partial charge in [-0.1, -0.05) is 0 Å². The highest BCUT2D eigenvalue weighted by Gasteiger charge is 2.30. The number of alkyl halides is 1. The van der Waals surface area contributed by atoms with Crippen LogP contribution in [0.25, 0.3) is 0 Å².